The number of fused-ring (bicyclic) bond motifs is 10. The number of furan rings is 1. The average Bonchev–Trinajstić information content (AvgIpc) is 4.05. The minimum Gasteiger partial charge on any atom is -0.456 e. The van der Waals surface area contributed by atoms with Gasteiger partial charge in [-0.15, -0.1) is 0 Å². The van der Waals surface area contributed by atoms with E-state index in [4.69, 9.17) is 19.4 Å². The van der Waals surface area contributed by atoms with E-state index >= 15 is 0 Å². The average molecular weight is 856 g/mol. The Hall–Kier alpha value is -9.13. The van der Waals surface area contributed by atoms with Crippen LogP contribution < -0.4 is 0 Å². The van der Waals surface area contributed by atoms with Crippen molar-refractivity contribution in [2.75, 3.05) is 0 Å². The summed E-state index contributed by atoms with van der Waals surface area (Å²) in [7, 11) is 0. The first-order valence-electron chi connectivity index (χ1n) is 22.6. The second-order valence-corrected chi connectivity index (χ2v) is 17.1. The Morgan fingerprint density at radius 2 is 0.881 bits per heavy atom. The van der Waals surface area contributed by atoms with Gasteiger partial charge in [-0.05, 0) is 70.9 Å². The molecule has 0 aliphatic heterocycles. The standard InChI is InChI=1S/C61H37N5O/c1-4-18-38(19-5-1)47-36-49-56(37-54(47)66-50-30-14-12-26-43(50)48-34-40-22-10-11-23-41(40)35-53(48)66)67-55-33-17-29-46(58(49)55)61-63-59(39-20-6-2-7-21-39)62-60(64-61)45-28-16-32-52-57(45)44-27-13-15-31-51(44)65(52)42-24-8-3-9-25-42/h1-37H. The SMILES string of the molecule is c1ccc(-c2nc(-c3cccc4oc5cc(-n6c7ccccc7c7cc8ccccc8cc76)c(-c6ccccc6)cc5c34)nc(-c3cccc4c3c3ccccc3n4-c3ccccc3)n2)cc1. The maximum absolute atomic E-state index is 6.93. The third-order valence-electron chi connectivity index (χ3n) is 13.3. The molecule has 0 amide bonds. The predicted octanol–water partition coefficient (Wildman–Crippen LogP) is 15.8. The van der Waals surface area contributed by atoms with E-state index in [2.05, 4.69) is 203 Å². The van der Waals surface area contributed by atoms with Crippen LogP contribution in [-0.2, 0) is 0 Å². The molecule has 0 saturated carbocycles. The monoisotopic (exact) mass is 855 g/mol. The fourth-order valence-electron chi connectivity index (χ4n) is 10.4. The van der Waals surface area contributed by atoms with Gasteiger partial charge in [0.05, 0.1) is 27.8 Å². The lowest BCUT2D eigenvalue weighted by Gasteiger charge is -2.15. The lowest BCUT2D eigenvalue weighted by Crippen LogP contribution is -2.01. The van der Waals surface area contributed by atoms with Crippen molar-refractivity contribution in [3.05, 3.63) is 224 Å². The number of para-hydroxylation sites is 3. The van der Waals surface area contributed by atoms with E-state index in [1.54, 1.807) is 0 Å². The Labute approximate surface area is 384 Å². The van der Waals surface area contributed by atoms with Crippen molar-refractivity contribution in [3.63, 3.8) is 0 Å². The zero-order chi connectivity index (χ0) is 44.0. The molecule has 312 valence electrons. The topological polar surface area (TPSA) is 61.7 Å². The molecular weight excluding hydrogens is 819 g/mol. The summed E-state index contributed by atoms with van der Waals surface area (Å²) in [5.74, 6) is 1.77. The Balaban J connectivity index is 1.04. The van der Waals surface area contributed by atoms with Crippen molar-refractivity contribution >= 4 is 76.3 Å². The highest BCUT2D eigenvalue weighted by Gasteiger charge is 2.24. The first-order chi connectivity index (χ1) is 33.2. The van der Waals surface area contributed by atoms with Crippen molar-refractivity contribution in [2.45, 2.75) is 0 Å². The fraction of sp³-hybridized carbons (Fsp3) is 0. The minimum atomic E-state index is 0.570. The molecule has 0 spiro atoms. The third-order valence-corrected chi connectivity index (χ3v) is 13.3. The maximum Gasteiger partial charge on any atom is 0.164 e. The normalized spacial score (nSPS) is 11.9. The van der Waals surface area contributed by atoms with Crippen molar-refractivity contribution in [1.82, 2.24) is 24.1 Å². The molecule has 67 heavy (non-hydrogen) atoms. The lowest BCUT2D eigenvalue weighted by atomic mass is 9.98. The van der Waals surface area contributed by atoms with Gasteiger partial charge >= 0.3 is 0 Å². The van der Waals surface area contributed by atoms with Crippen LogP contribution >= 0.6 is 0 Å². The maximum atomic E-state index is 6.93. The zero-order valence-electron chi connectivity index (χ0n) is 36.0. The van der Waals surface area contributed by atoms with E-state index in [-0.39, 0.29) is 0 Å². The van der Waals surface area contributed by atoms with Gasteiger partial charge in [-0.2, -0.15) is 0 Å². The molecule has 0 radical (unpaired) electrons. The van der Waals surface area contributed by atoms with E-state index in [1.165, 1.54) is 21.5 Å². The number of benzene rings is 10. The fourth-order valence-corrected chi connectivity index (χ4v) is 10.4. The molecule has 14 aromatic rings. The third kappa shape index (κ3) is 5.80. The summed E-state index contributed by atoms with van der Waals surface area (Å²) >= 11 is 0. The molecule has 0 aliphatic rings. The molecule has 10 aromatic carbocycles. The molecule has 6 heteroatoms. The molecule has 0 bridgehead atoms. The molecule has 4 heterocycles. The summed E-state index contributed by atoms with van der Waals surface area (Å²) in [5.41, 5.74) is 13.0. The molecule has 0 saturated heterocycles. The number of rotatable bonds is 6. The first kappa shape index (κ1) is 37.3. The van der Waals surface area contributed by atoms with Crippen LogP contribution in [0.25, 0.3) is 133 Å². The van der Waals surface area contributed by atoms with Gasteiger partial charge in [0.15, 0.2) is 17.5 Å². The Morgan fingerprint density at radius 1 is 0.313 bits per heavy atom. The van der Waals surface area contributed by atoms with E-state index in [0.29, 0.717) is 17.5 Å². The highest BCUT2D eigenvalue weighted by molar-refractivity contribution is 6.18. The number of hydrogen-bond donors (Lipinski definition) is 0. The van der Waals surface area contributed by atoms with Crippen LogP contribution in [0.1, 0.15) is 0 Å². The Bertz CT molecular complexity index is 4260. The summed E-state index contributed by atoms with van der Waals surface area (Å²) in [5, 5.41) is 8.97. The van der Waals surface area contributed by atoms with Crippen LogP contribution in [0, 0.1) is 0 Å². The van der Waals surface area contributed by atoms with Crippen molar-refractivity contribution in [1.29, 1.82) is 0 Å². The highest BCUT2D eigenvalue weighted by atomic mass is 16.3. The molecule has 6 nitrogen and oxygen atoms in total. The van der Waals surface area contributed by atoms with Crippen molar-refractivity contribution in [3.8, 4) is 56.7 Å². The van der Waals surface area contributed by atoms with Gasteiger partial charge in [-0.1, -0.05) is 164 Å². The molecule has 4 aromatic heterocycles. The van der Waals surface area contributed by atoms with Crippen LogP contribution in [0.3, 0.4) is 0 Å². The zero-order valence-corrected chi connectivity index (χ0v) is 36.0. The molecule has 0 fully saturated rings. The van der Waals surface area contributed by atoms with Crippen molar-refractivity contribution in [2.24, 2.45) is 0 Å². The predicted molar refractivity (Wildman–Crippen MR) is 275 cm³/mol. The summed E-state index contributed by atoms with van der Waals surface area (Å²) in [4.78, 5) is 16.0. The van der Waals surface area contributed by atoms with Crippen LogP contribution in [0.15, 0.2) is 229 Å². The highest BCUT2D eigenvalue weighted by Crippen LogP contribution is 2.44. The number of aromatic nitrogens is 5. The van der Waals surface area contributed by atoms with Gasteiger partial charge < -0.3 is 13.6 Å². The van der Waals surface area contributed by atoms with Gasteiger partial charge in [0.2, 0.25) is 0 Å². The second kappa shape index (κ2) is 14.7. The van der Waals surface area contributed by atoms with Crippen LogP contribution in [0.2, 0.25) is 0 Å². The van der Waals surface area contributed by atoms with E-state index in [9.17, 15) is 0 Å². The molecule has 0 unspecified atom stereocenters. The van der Waals surface area contributed by atoms with Gasteiger partial charge in [-0.3, -0.25) is 0 Å². The van der Waals surface area contributed by atoms with Gasteiger partial charge in [0.25, 0.3) is 0 Å². The largest absolute Gasteiger partial charge is 0.456 e. The second-order valence-electron chi connectivity index (χ2n) is 17.1. The Morgan fingerprint density at radius 3 is 1.63 bits per heavy atom. The number of hydrogen-bond acceptors (Lipinski definition) is 4. The summed E-state index contributed by atoms with van der Waals surface area (Å²) in [6.45, 7) is 0. The summed E-state index contributed by atoms with van der Waals surface area (Å²) in [6.07, 6.45) is 0. The lowest BCUT2D eigenvalue weighted by molar-refractivity contribution is 0.668. The van der Waals surface area contributed by atoms with E-state index < -0.39 is 0 Å². The number of nitrogens with zero attached hydrogens (tertiary/aromatic N) is 5. The summed E-state index contributed by atoms with van der Waals surface area (Å²) < 4.78 is 11.7. The van der Waals surface area contributed by atoms with E-state index in [0.717, 1.165) is 94.0 Å². The Kier molecular flexibility index (Phi) is 8.18. The molecule has 0 aliphatic carbocycles. The smallest absolute Gasteiger partial charge is 0.164 e. The molecule has 14 rings (SSSR count). The minimum absolute atomic E-state index is 0.570. The van der Waals surface area contributed by atoms with Gasteiger partial charge in [0, 0.05) is 66.3 Å². The van der Waals surface area contributed by atoms with Gasteiger partial charge in [0.1, 0.15) is 11.2 Å². The van der Waals surface area contributed by atoms with Crippen molar-refractivity contribution < 1.29 is 4.42 Å². The molecule has 0 atom stereocenters. The molecular formula is C61H37N5O. The van der Waals surface area contributed by atoms with Crippen LogP contribution in [-0.4, -0.2) is 24.1 Å². The van der Waals surface area contributed by atoms with Gasteiger partial charge in [-0.25, -0.2) is 15.0 Å². The van der Waals surface area contributed by atoms with Crippen LogP contribution in [0.5, 0.6) is 0 Å². The molecule has 0 N–H and O–H groups in total. The van der Waals surface area contributed by atoms with E-state index in [1.807, 2.05) is 30.3 Å². The quantitative estimate of drug-likeness (QED) is 0.167. The summed E-state index contributed by atoms with van der Waals surface area (Å²) in [6, 6.07) is 79.1. The van der Waals surface area contributed by atoms with Crippen LogP contribution in [0.4, 0.5) is 0 Å². The first-order valence-corrected chi connectivity index (χ1v) is 22.6.